The predicted molar refractivity (Wildman–Crippen MR) is 68.0 cm³/mol. The Morgan fingerprint density at radius 2 is 1.94 bits per heavy atom. The van der Waals surface area contributed by atoms with Crippen molar-refractivity contribution < 1.29 is 19.4 Å². The maximum atomic E-state index is 11.2. The molecule has 0 radical (unpaired) electrons. The number of ether oxygens (including phenoxy) is 1. The molecule has 0 spiro atoms. The zero-order chi connectivity index (χ0) is 13.6. The Morgan fingerprint density at radius 3 is 2.39 bits per heavy atom. The van der Waals surface area contributed by atoms with E-state index in [1.54, 1.807) is 6.08 Å². The Morgan fingerprint density at radius 1 is 1.33 bits per heavy atom. The van der Waals surface area contributed by atoms with Crippen LogP contribution in [0.4, 0.5) is 0 Å². The average molecular weight is 252 g/mol. The molecule has 1 N–H and O–H groups in total. The summed E-state index contributed by atoms with van der Waals surface area (Å²) < 4.78 is 4.93. The molecule has 0 aromatic heterocycles. The third kappa shape index (κ3) is 3.45. The maximum absolute atomic E-state index is 11.2. The number of hydrogen-bond donors (Lipinski definition) is 1. The van der Waals surface area contributed by atoms with Gasteiger partial charge in [0, 0.05) is 6.08 Å². The lowest BCUT2D eigenvalue weighted by Crippen LogP contribution is -2.33. The van der Waals surface area contributed by atoms with Crippen LogP contribution >= 0.6 is 0 Å². The van der Waals surface area contributed by atoms with E-state index in [0.717, 1.165) is 25.3 Å². The fourth-order valence-corrected chi connectivity index (χ4v) is 2.37. The highest BCUT2D eigenvalue weighted by atomic mass is 16.5. The quantitative estimate of drug-likeness (QED) is 0.448. The van der Waals surface area contributed by atoms with Gasteiger partial charge in [-0.25, -0.2) is 4.79 Å². The molecule has 0 atom stereocenters. The standard InChI is InChI=1S/C14H20O4/c1-3-12(15)18-10-7-11-5-8-14(4-2,9-6-11)13(16)17/h3-4,11H,1-2,5-10H2,(H,16,17). The van der Waals surface area contributed by atoms with E-state index in [-0.39, 0.29) is 0 Å². The minimum Gasteiger partial charge on any atom is -0.481 e. The number of hydrogen-bond acceptors (Lipinski definition) is 3. The maximum Gasteiger partial charge on any atom is 0.330 e. The first-order valence-electron chi connectivity index (χ1n) is 6.20. The van der Waals surface area contributed by atoms with Crippen LogP contribution in [0.15, 0.2) is 25.3 Å². The second-order valence-corrected chi connectivity index (χ2v) is 4.77. The third-order valence-electron chi connectivity index (χ3n) is 3.75. The number of carbonyl (C=O) groups excluding carboxylic acids is 1. The molecule has 0 bridgehead atoms. The molecule has 4 nitrogen and oxygen atoms in total. The van der Waals surface area contributed by atoms with Gasteiger partial charge < -0.3 is 9.84 Å². The summed E-state index contributed by atoms with van der Waals surface area (Å²) in [5, 5.41) is 9.20. The molecule has 0 aromatic carbocycles. The SMILES string of the molecule is C=CC(=O)OCCC1CCC(C=C)(C(=O)O)CC1. The molecule has 1 aliphatic rings. The van der Waals surface area contributed by atoms with Crippen molar-refractivity contribution in [3.8, 4) is 0 Å². The summed E-state index contributed by atoms with van der Waals surface area (Å²) in [6.45, 7) is 7.34. The fraction of sp³-hybridized carbons (Fsp3) is 0.571. The molecule has 0 heterocycles. The van der Waals surface area contributed by atoms with Crippen molar-refractivity contribution in [3.05, 3.63) is 25.3 Å². The number of esters is 1. The van der Waals surface area contributed by atoms with Crippen LogP contribution in [0.5, 0.6) is 0 Å². The number of carboxylic acids is 1. The predicted octanol–water partition coefficient (Wildman–Crippen LogP) is 2.55. The lowest BCUT2D eigenvalue weighted by Gasteiger charge is -2.34. The van der Waals surface area contributed by atoms with Crippen LogP contribution in [0, 0.1) is 11.3 Å². The van der Waals surface area contributed by atoms with Gasteiger partial charge in [-0.1, -0.05) is 12.7 Å². The second-order valence-electron chi connectivity index (χ2n) is 4.77. The Kier molecular flexibility index (Phi) is 5.13. The van der Waals surface area contributed by atoms with Gasteiger partial charge in [-0.2, -0.15) is 0 Å². The van der Waals surface area contributed by atoms with Crippen molar-refractivity contribution >= 4 is 11.9 Å². The number of carbonyl (C=O) groups is 2. The first-order chi connectivity index (χ1) is 8.54. The normalized spacial score (nSPS) is 27.2. The lowest BCUT2D eigenvalue weighted by atomic mass is 9.70. The van der Waals surface area contributed by atoms with Crippen LogP contribution in [0.2, 0.25) is 0 Å². The van der Waals surface area contributed by atoms with E-state index in [4.69, 9.17) is 4.74 Å². The minimum absolute atomic E-state index is 0.379. The summed E-state index contributed by atoms with van der Waals surface area (Å²) in [6, 6.07) is 0. The summed E-state index contributed by atoms with van der Waals surface area (Å²) in [4.78, 5) is 22.1. The van der Waals surface area contributed by atoms with Crippen LogP contribution in [-0.4, -0.2) is 23.7 Å². The van der Waals surface area contributed by atoms with Crippen molar-refractivity contribution in [2.24, 2.45) is 11.3 Å². The summed E-state index contributed by atoms with van der Waals surface area (Å²) >= 11 is 0. The van der Waals surface area contributed by atoms with Gasteiger partial charge in [0.2, 0.25) is 0 Å². The van der Waals surface area contributed by atoms with Crippen LogP contribution < -0.4 is 0 Å². The molecule has 0 aromatic rings. The van der Waals surface area contributed by atoms with Gasteiger partial charge in [-0.3, -0.25) is 4.79 Å². The molecule has 0 saturated heterocycles. The average Bonchev–Trinajstić information content (AvgIpc) is 2.39. The van der Waals surface area contributed by atoms with Gasteiger partial charge in [-0.15, -0.1) is 6.58 Å². The molecule has 1 rings (SSSR count). The highest BCUT2D eigenvalue weighted by Gasteiger charge is 2.39. The van der Waals surface area contributed by atoms with E-state index in [0.29, 0.717) is 25.4 Å². The molecule has 18 heavy (non-hydrogen) atoms. The summed E-state index contributed by atoms with van der Waals surface area (Å²) in [6.07, 6.45) is 6.40. The Bertz CT molecular complexity index is 338. The zero-order valence-corrected chi connectivity index (χ0v) is 10.6. The first-order valence-corrected chi connectivity index (χ1v) is 6.20. The van der Waals surface area contributed by atoms with Crippen molar-refractivity contribution in [2.75, 3.05) is 6.61 Å². The molecule has 100 valence electrons. The molecule has 1 saturated carbocycles. The van der Waals surface area contributed by atoms with Gasteiger partial charge in [-0.05, 0) is 38.0 Å². The molecule has 0 amide bonds. The van der Waals surface area contributed by atoms with E-state index >= 15 is 0 Å². The van der Waals surface area contributed by atoms with Crippen molar-refractivity contribution in [3.63, 3.8) is 0 Å². The van der Waals surface area contributed by atoms with Gasteiger partial charge in [0.05, 0.1) is 12.0 Å². The lowest BCUT2D eigenvalue weighted by molar-refractivity contribution is -0.148. The van der Waals surface area contributed by atoms with Crippen LogP contribution in [0.3, 0.4) is 0 Å². The molecule has 1 aliphatic carbocycles. The van der Waals surface area contributed by atoms with Crippen molar-refractivity contribution in [2.45, 2.75) is 32.1 Å². The zero-order valence-electron chi connectivity index (χ0n) is 10.6. The van der Waals surface area contributed by atoms with Gasteiger partial charge in [0.15, 0.2) is 0 Å². The highest BCUT2D eigenvalue weighted by Crippen LogP contribution is 2.41. The Balaban J connectivity index is 2.35. The summed E-state index contributed by atoms with van der Waals surface area (Å²) in [5.74, 6) is -0.763. The van der Waals surface area contributed by atoms with E-state index in [1.165, 1.54) is 0 Å². The topological polar surface area (TPSA) is 63.6 Å². The largest absolute Gasteiger partial charge is 0.481 e. The molecule has 0 aliphatic heterocycles. The van der Waals surface area contributed by atoms with Crippen molar-refractivity contribution in [1.82, 2.24) is 0 Å². The number of aliphatic carboxylic acids is 1. The second kappa shape index (κ2) is 6.38. The van der Waals surface area contributed by atoms with E-state index in [2.05, 4.69) is 13.2 Å². The number of carboxylic acid groups (broad SMARTS) is 1. The van der Waals surface area contributed by atoms with E-state index < -0.39 is 17.4 Å². The summed E-state index contributed by atoms with van der Waals surface area (Å²) in [5.41, 5.74) is -0.756. The molecular formula is C14H20O4. The van der Waals surface area contributed by atoms with Crippen LogP contribution in [-0.2, 0) is 14.3 Å². The van der Waals surface area contributed by atoms with Gasteiger partial charge in [0.1, 0.15) is 0 Å². The van der Waals surface area contributed by atoms with Crippen LogP contribution in [0.25, 0.3) is 0 Å². The number of rotatable bonds is 6. The Hall–Kier alpha value is -1.58. The Labute approximate surface area is 107 Å². The van der Waals surface area contributed by atoms with E-state index in [1.807, 2.05) is 0 Å². The molecular weight excluding hydrogens is 232 g/mol. The monoisotopic (exact) mass is 252 g/mol. The van der Waals surface area contributed by atoms with E-state index in [9.17, 15) is 14.7 Å². The summed E-state index contributed by atoms with van der Waals surface area (Å²) in [7, 11) is 0. The third-order valence-corrected chi connectivity index (χ3v) is 3.75. The highest BCUT2D eigenvalue weighted by molar-refractivity contribution is 5.81. The minimum atomic E-state index is -0.783. The smallest absolute Gasteiger partial charge is 0.330 e. The first kappa shape index (κ1) is 14.5. The molecule has 4 heteroatoms. The molecule has 0 unspecified atom stereocenters. The van der Waals surface area contributed by atoms with Gasteiger partial charge in [0.25, 0.3) is 0 Å². The van der Waals surface area contributed by atoms with Gasteiger partial charge >= 0.3 is 11.9 Å². The molecule has 1 fully saturated rings. The van der Waals surface area contributed by atoms with Crippen molar-refractivity contribution in [1.29, 1.82) is 0 Å². The van der Waals surface area contributed by atoms with Crippen LogP contribution in [0.1, 0.15) is 32.1 Å². The fourth-order valence-electron chi connectivity index (χ4n) is 2.37.